The fraction of sp³-hybridized carbons (Fsp3) is 0.333. The second-order valence-corrected chi connectivity index (χ2v) is 6.76. The first-order chi connectivity index (χ1) is 12.2. The van der Waals surface area contributed by atoms with Gasteiger partial charge in [-0.25, -0.2) is 14.8 Å². The molecule has 0 saturated carbocycles. The van der Waals surface area contributed by atoms with Gasteiger partial charge < -0.3 is 9.47 Å². The van der Waals surface area contributed by atoms with Crippen LogP contribution >= 0.6 is 11.6 Å². The number of carbonyl (C=O) groups is 2. The van der Waals surface area contributed by atoms with Gasteiger partial charge in [0.05, 0.1) is 19.2 Å². The van der Waals surface area contributed by atoms with Crippen molar-refractivity contribution < 1.29 is 19.1 Å². The van der Waals surface area contributed by atoms with Crippen LogP contribution in [0.25, 0.3) is 0 Å². The molecule has 1 amide bonds. The number of anilines is 1. The molecule has 8 heteroatoms. The van der Waals surface area contributed by atoms with E-state index in [1.807, 2.05) is 0 Å². The Morgan fingerprint density at radius 2 is 2.04 bits per heavy atom. The van der Waals surface area contributed by atoms with Crippen LogP contribution in [0.3, 0.4) is 0 Å². The lowest BCUT2D eigenvalue weighted by atomic mass is 10.2. The van der Waals surface area contributed by atoms with Gasteiger partial charge in [-0.15, -0.1) is 0 Å². The number of carbonyl (C=O) groups excluding carboxylic acids is 2. The van der Waals surface area contributed by atoms with Crippen molar-refractivity contribution in [1.29, 1.82) is 0 Å². The van der Waals surface area contributed by atoms with Crippen LogP contribution in [0.2, 0.25) is 5.15 Å². The van der Waals surface area contributed by atoms with Gasteiger partial charge in [-0.3, -0.25) is 9.69 Å². The van der Waals surface area contributed by atoms with E-state index in [9.17, 15) is 9.59 Å². The van der Waals surface area contributed by atoms with Crippen LogP contribution < -0.4 is 9.64 Å². The number of ether oxygens (including phenoxy) is 2. The Kier molecular flexibility index (Phi) is 6.15. The molecule has 138 valence electrons. The molecule has 2 rings (SSSR count). The fourth-order valence-corrected chi connectivity index (χ4v) is 2.32. The third-order valence-corrected chi connectivity index (χ3v) is 3.55. The number of pyridine rings is 2. The smallest absolute Gasteiger partial charge is 0.416 e. The van der Waals surface area contributed by atoms with Gasteiger partial charge in [-0.2, -0.15) is 0 Å². The molecule has 0 aliphatic rings. The van der Waals surface area contributed by atoms with Crippen molar-refractivity contribution in [3.8, 4) is 5.88 Å². The summed E-state index contributed by atoms with van der Waals surface area (Å²) in [5, 5.41) is 0.00390. The summed E-state index contributed by atoms with van der Waals surface area (Å²) in [5.41, 5.74) is 0.206. The Labute approximate surface area is 156 Å². The summed E-state index contributed by atoms with van der Waals surface area (Å²) in [4.78, 5) is 33.3. The molecule has 0 unspecified atom stereocenters. The SMILES string of the molecule is COc1ncccc1CN(C(=O)OC(C)(C)C)c1ccc(C=O)c(Cl)n1. The van der Waals surface area contributed by atoms with Gasteiger partial charge in [0.15, 0.2) is 6.29 Å². The highest BCUT2D eigenvalue weighted by Gasteiger charge is 2.26. The molecular weight excluding hydrogens is 358 g/mol. The van der Waals surface area contributed by atoms with Gasteiger partial charge in [0.1, 0.15) is 16.6 Å². The minimum atomic E-state index is -0.694. The highest BCUT2D eigenvalue weighted by Crippen LogP contribution is 2.25. The van der Waals surface area contributed by atoms with Crippen LogP contribution in [-0.4, -0.2) is 35.1 Å². The molecule has 0 aliphatic heterocycles. The fourth-order valence-electron chi connectivity index (χ4n) is 2.13. The molecule has 0 aromatic carbocycles. The van der Waals surface area contributed by atoms with Gasteiger partial charge >= 0.3 is 6.09 Å². The number of methoxy groups -OCH3 is 1. The number of aromatic nitrogens is 2. The zero-order chi connectivity index (χ0) is 19.3. The van der Waals surface area contributed by atoms with E-state index in [-0.39, 0.29) is 23.1 Å². The number of aldehydes is 1. The van der Waals surface area contributed by atoms with Crippen molar-refractivity contribution in [2.45, 2.75) is 32.9 Å². The average molecular weight is 378 g/mol. The highest BCUT2D eigenvalue weighted by molar-refractivity contribution is 6.31. The van der Waals surface area contributed by atoms with Crippen LogP contribution in [0.5, 0.6) is 5.88 Å². The van der Waals surface area contributed by atoms with E-state index in [1.54, 1.807) is 39.1 Å². The van der Waals surface area contributed by atoms with E-state index in [0.717, 1.165) is 0 Å². The molecule has 0 fully saturated rings. The zero-order valence-electron chi connectivity index (χ0n) is 15.0. The molecule has 0 aliphatic carbocycles. The van der Waals surface area contributed by atoms with Gasteiger partial charge in [0.25, 0.3) is 0 Å². The predicted molar refractivity (Wildman–Crippen MR) is 97.8 cm³/mol. The van der Waals surface area contributed by atoms with Crippen molar-refractivity contribution in [2.24, 2.45) is 0 Å². The summed E-state index contributed by atoms with van der Waals surface area (Å²) >= 11 is 6.01. The topological polar surface area (TPSA) is 81.6 Å². The Hall–Kier alpha value is -2.67. The Balaban J connectivity index is 2.43. The molecule has 0 N–H and O–H groups in total. The lowest BCUT2D eigenvalue weighted by molar-refractivity contribution is 0.0576. The van der Waals surface area contributed by atoms with E-state index in [2.05, 4.69) is 9.97 Å². The molecule has 26 heavy (non-hydrogen) atoms. The standard InChI is InChI=1S/C18H20ClN3O4/c1-18(2,3)26-17(24)22(10-12-6-5-9-20-16(12)25-4)14-8-7-13(11-23)15(19)21-14/h5-9,11H,10H2,1-4H3. The van der Waals surface area contributed by atoms with Crippen molar-refractivity contribution in [2.75, 3.05) is 12.0 Å². The van der Waals surface area contributed by atoms with Crippen molar-refractivity contribution in [1.82, 2.24) is 9.97 Å². The molecule has 0 radical (unpaired) electrons. The summed E-state index contributed by atoms with van der Waals surface area (Å²) in [6.45, 7) is 5.41. The van der Waals surface area contributed by atoms with E-state index in [1.165, 1.54) is 24.1 Å². The van der Waals surface area contributed by atoms with Crippen molar-refractivity contribution in [3.63, 3.8) is 0 Å². The largest absolute Gasteiger partial charge is 0.481 e. The summed E-state index contributed by atoms with van der Waals surface area (Å²) in [6.07, 6.45) is 1.58. The molecule has 7 nitrogen and oxygen atoms in total. The maximum absolute atomic E-state index is 12.7. The summed E-state index contributed by atoms with van der Waals surface area (Å²) in [7, 11) is 1.50. The van der Waals surface area contributed by atoms with Gasteiger partial charge in [0.2, 0.25) is 5.88 Å². The van der Waals surface area contributed by atoms with Crippen LogP contribution in [0.1, 0.15) is 36.7 Å². The van der Waals surface area contributed by atoms with Crippen LogP contribution in [0, 0.1) is 0 Å². The third-order valence-electron chi connectivity index (χ3n) is 3.25. The van der Waals surface area contributed by atoms with Crippen LogP contribution in [0.15, 0.2) is 30.5 Å². The van der Waals surface area contributed by atoms with E-state index in [0.29, 0.717) is 17.7 Å². The first kappa shape index (κ1) is 19.7. The molecule has 0 spiro atoms. The maximum Gasteiger partial charge on any atom is 0.416 e. The molecular formula is C18H20ClN3O4. The second kappa shape index (κ2) is 8.14. The summed E-state index contributed by atoms with van der Waals surface area (Å²) in [6, 6.07) is 6.55. The van der Waals surface area contributed by atoms with Crippen molar-refractivity contribution in [3.05, 3.63) is 46.7 Å². The molecule has 0 saturated heterocycles. The predicted octanol–water partition coefficient (Wildman–Crippen LogP) is 3.89. The summed E-state index contributed by atoms with van der Waals surface area (Å²) in [5.74, 6) is 0.637. The quantitative estimate of drug-likeness (QED) is 0.580. The zero-order valence-corrected chi connectivity index (χ0v) is 15.8. The lowest BCUT2D eigenvalue weighted by Crippen LogP contribution is -2.37. The maximum atomic E-state index is 12.7. The Bertz CT molecular complexity index is 805. The number of halogens is 1. The first-order valence-corrected chi connectivity index (χ1v) is 8.23. The number of amides is 1. The molecule has 2 aromatic heterocycles. The van der Waals surface area contributed by atoms with Crippen molar-refractivity contribution >= 4 is 29.8 Å². The van der Waals surface area contributed by atoms with Crippen LogP contribution in [0.4, 0.5) is 10.6 Å². The Morgan fingerprint density at radius 1 is 1.31 bits per heavy atom. The normalized spacial score (nSPS) is 11.0. The third kappa shape index (κ3) is 4.92. The minimum Gasteiger partial charge on any atom is -0.481 e. The van der Waals surface area contributed by atoms with Crippen LogP contribution in [-0.2, 0) is 11.3 Å². The Morgan fingerprint density at radius 3 is 2.62 bits per heavy atom. The number of hydrogen-bond acceptors (Lipinski definition) is 6. The lowest BCUT2D eigenvalue weighted by Gasteiger charge is -2.27. The van der Waals surface area contributed by atoms with Gasteiger partial charge in [-0.05, 0) is 39.0 Å². The minimum absolute atomic E-state index is 0.00390. The van der Waals surface area contributed by atoms with E-state index >= 15 is 0 Å². The highest BCUT2D eigenvalue weighted by atomic mass is 35.5. The monoisotopic (exact) mass is 377 g/mol. The first-order valence-electron chi connectivity index (χ1n) is 7.85. The van der Waals surface area contributed by atoms with E-state index in [4.69, 9.17) is 21.1 Å². The molecule has 0 atom stereocenters. The molecule has 0 bridgehead atoms. The second-order valence-electron chi connectivity index (χ2n) is 6.41. The average Bonchev–Trinajstić information content (AvgIpc) is 2.58. The van der Waals surface area contributed by atoms with Gasteiger partial charge in [0, 0.05) is 11.8 Å². The molecule has 2 heterocycles. The van der Waals surface area contributed by atoms with Gasteiger partial charge in [-0.1, -0.05) is 17.7 Å². The summed E-state index contributed by atoms with van der Waals surface area (Å²) < 4.78 is 10.7. The van der Waals surface area contributed by atoms with E-state index < -0.39 is 11.7 Å². The number of hydrogen-bond donors (Lipinski definition) is 0. The number of nitrogens with zero attached hydrogens (tertiary/aromatic N) is 3. The molecule has 2 aromatic rings. The number of rotatable bonds is 5.